The smallest absolute Gasteiger partial charge is 0.103 e. The van der Waals surface area contributed by atoms with Crippen LogP contribution in [0.1, 0.15) is 25.8 Å². The Morgan fingerprint density at radius 1 is 1.43 bits per heavy atom. The molecule has 4 nitrogen and oxygen atoms in total. The molecule has 0 bridgehead atoms. The van der Waals surface area contributed by atoms with Crippen LogP contribution in [0.25, 0.3) is 10.9 Å². The van der Waals surface area contributed by atoms with Crippen LogP contribution in [-0.4, -0.2) is 30.3 Å². The van der Waals surface area contributed by atoms with Gasteiger partial charge in [0.25, 0.3) is 0 Å². The van der Waals surface area contributed by atoms with Crippen molar-refractivity contribution in [3.8, 4) is 6.07 Å². The van der Waals surface area contributed by atoms with Crippen molar-refractivity contribution in [2.45, 2.75) is 25.9 Å². The van der Waals surface area contributed by atoms with Gasteiger partial charge in [-0.3, -0.25) is 4.98 Å². The number of fused-ring (bicyclic) bond motifs is 1. The molecule has 2 aromatic rings. The molecule has 21 heavy (non-hydrogen) atoms. The number of hydrogen-bond donors (Lipinski definition) is 0. The van der Waals surface area contributed by atoms with Gasteiger partial charge in [0.1, 0.15) is 6.07 Å². The monoisotopic (exact) mass is 281 g/mol. The number of morpholine rings is 1. The zero-order valence-electron chi connectivity index (χ0n) is 12.5. The Bertz CT molecular complexity index is 707. The molecular weight excluding hydrogens is 262 g/mol. The zero-order chi connectivity index (χ0) is 14.9. The first kappa shape index (κ1) is 13.8. The Kier molecular flexibility index (Phi) is 3.52. The highest BCUT2D eigenvalue weighted by Gasteiger charge is 2.32. The number of ether oxygens (including phenoxy) is 1. The number of pyridine rings is 1. The molecule has 0 radical (unpaired) electrons. The van der Waals surface area contributed by atoms with Gasteiger partial charge >= 0.3 is 0 Å². The van der Waals surface area contributed by atoms with E-state index in [9.17, 15) is 5.26 Å². The Labute approximate surface area is 125 Å². The molecule has 2 heterocycles. The molecule has 1 aromatic carbocycles. The maximum Gasteiger partial charge on any atom is 0.103 e. The summed E-state index contributed by atoms with van der Waals surface area (Å²) in [5.41, 5.74) is 2.39. The van der Waals surface area contributed by atoms with E-state index in [-0.39, 0.29) is 5.60 Å². The molecule has 4 heteroatoms. The van der Waals surface area contributed by atoms with Gasteiger partial charge in [-0.2, -0.15) is 5.26 Å². The number of anilines is 1. The summed E-state index contributed by atoms with van der Waals surface area (Å²) >= 11 is 0. The lowest BCUT2D eigenvalue weighted by Gasteiger charge is -2.41. The number of hydrogen-bond acceptors (Lipinski definition) is 4. The van der Waals surface area contributed by atoms with Crippen molar-refractivity contribution in [1.82, 2.24) is 4.98 Å². The largest absolute Gasteiger partial charge is 0.372 e. The van der Waals surface area contributed by atoms with Gasteiger partial charge in [0, 0.05) is 24.7 Å². The van der Waals surface area contributed by atoms with Gasteiger partial charge in [0.05, 0.1) is 29.0 Å². The zero-order valence-corrected chi connectivity index (χ0v) is 12.5. The normalized spacial score (nSPS) is 22.2. The van der Waals surface area contributed by atoms with Gasteiger partial charge in [-0.1, -0.05) is 25.1 Å². The number of rotatable bonds is 2. The van der Waals surface area contributed by atoms with Crippen LogP contribution in [0.3, 0.4) is 0 Å². The molecule has 1 aliphatic heterocycles. The maximum atomic E-state index is 9.45. The van der Waals surface area contributed by atoms with Gasteiger partial charge in [-0.25, -0.2) is 0 Å². The first-order chi connectivity index (χ1) is 10.2. The molecule has 0 N–H and O–H groups in total. The Morgan fingerprint density at radius 3 is 3.00 bits per heavy atom. The molecule has 0 spiro atoms. The highest BCUT2D eigenvalue weighted by molar-refractivity contribution is 5.94. The average molecular weight is 281 g/mol. The van der Waals surface area contributed by atoms with Crippen molar-refractivity contribution in [3.05, 3.63) is 36.0 Å². The second-order valence-electron chi connectivity index (χ2n) is 5.72. The molecule has 3 rings (SSSR count). The summed E-state index contributed by atoms with van der Waals surface area (Å²) in [5, 5.41) is 10.5. The maximum absolute atomic E-state index is 9.45. The van der Waals surface area contributed by atoms with Crippen LogP contribution >= 0.6 is 0 Å². The summed E-state index contributed by atoms with van der Waals surface area (Å²) in [6.45, 7) is 6.56. The summed E-state index contributed by atoms with van der Waals surface area (Å²) in [5.74, 6) is 0. The number of nitriles is 1. The third kappa shape index (κ3) is 2.45. The van der Waals surface area contributed by atoms with Crippen molar-refractivity contribution in [1.29, 1.82) is 5.26 Å². The topological polar surface area (TPSA) is 49.2 Å². The summed E-state index contributed by atoms with van der Waals surface area (Å²) in [6, 6.07) is 10.3. The standard InChI is InChI=1S/C17H19N3O/c1-3-17(2)12-20(8-9-21-17)16-13(10-18)11-19-15-7-5-4-6-14(15)16/h4-7,11H,3,8-9,12H2,1-2H3. The minimum Gasteiger partial charge on any atom is -0.372 e. The van der Waals surface area contributed by atoms with E-state index in [1.54, 1.807) is 6.20 Å². The third-order valence-electron chi connectivity index (χ3n) is 4.27. The Balaban J connectivity index is 2.12. The number of para-hydroxylation sites is 1. The van der Waals surface area contributed by atoms with Crippen LogP contribution in [0, 0.1) is 11.3 Å². The van der Waals surface area contributed by atoms with E-state index in [0.717, 1.165) is 36.1 Å². The molecule has 1 fully saturated rings. The summed E-state index contributed by atoms with van der Waals surface area (Å²) in [4.78, 5) is 6.66. The van der Waals surface area contributed by atoms with E-state index in [1.165, 1.54) is 0 Å². The van der Waals surface area contributed by atoms with Crippen molar-refractivity contribution >= 4 is 16.6 Å². The number of benzene rings is 1. The van der Waals surface area contributed by atoms with Crippen molar-refractivity contribution in [2.75, 3.05) is 24.6 Å². The number of nitrogens with zero attached hydrogens (tertiary/aromatic N) is 3. The minimum atomic E-state index is -0.157. The Morgan fingerprint density at radius 2 is 2.24 bits per heavy atom. The molecule has 0 aliphatic carbocycles. The quantitative estimate of drug-likeness (QED) is 0.848. The van der Waals surface area contributed by atoms with E-state index < -0.39 is 0 Å². The lowest BCUT2D eigenvalue weighted by molar-refractivity contribution is -0.0440. The first-order valence-corrected chi connectivity index (χ1v) is 7.33. The Hall–Kier alpha value is -2.12. The predicted octanol–water partition coefficient (Wildman–Crippen LogP) is 3.11. The second-order valence-corrected chi connectivity index (χ2v) is 5.72. The lowest BCUT2D eigenvalue weighted by atomic mass is 9.99. The molecule has 1 atom stereocenters. The van der Waals surface area contributed by atoms with Crippen molar-refractivity contribution in [2.24, 2.45) is 0 Å². The molecule has 1 unspecified atom stereocenters. The number of aromatic nitrogens is 1. The van der Waals surface area contributed by atoms with Crippen molar-refractivity contribution < 1.29 is 4.74 Å². The van der Waals surface area contributed by atoms with Crippen LogP contribution in [-0.2, 0) is 4.74 Å². The fourth-order valence-electron chi connectivity index (χ4n) is 2.88. The van der Waals surface area contributed by atoms with E-state index in [1.807, 2.05) is 24.3 Å². The van der Waals surface area contributed by atoms with Gasteiger partial charge in [0.15, 0.2) is 0 Å². The molecule has 0 saturated carbocycles. The fraction of sp³-hybridized carbons (Fsp3) is 0.412. The van der Waals surface area contributed by atoms with Gasteiger partial charge in [-0.15, -0.1) is 0 Å². The van der Waals surface area contributed by atoms with Crippen LogP contribution in [0.2, 0.25) is 0 Å². The summed E-state index contributed by atoms with van der Waals surface area (Å²) < 4.78 is 5.91. The summed E-state index contributed by atoms with van der Waals surface area (Å²) in [7, 11) is 0. The van der Waals surface area contributed by atoms with E-state index >= 15 is 0 Å². The third-order valence-corrected chi connectivity index (χ3v) is 4.27. The highest BCUT2D eigenvalue weighted by Crippen LogP contribution is 2.33. The van der Waals surface area contributed by atoms with Crippen LogP contribution in [0.5, 0.6) is 0 Å². The van der Waals surface area contributed by atoms with E-state index in [0.29, 0.717) is 12.2 Å². The summed E-state index contributed by atoms with van der Waals surface area (Å²) in [6.07, 6.45) is 2.63. The van der Waals surface area contributed by atoms with Crippen molar-refractivity contribution in [3.63, 3.8) is 0 Å². The van der Waals surface area contributed by atoms with E-state index in [2.05, 4.69) is 29.8 Å². The molecule has 108 valence electrons. The lowest BCUT2D eigenvalue weighted by Crippen LogP contribution is -2.50. The predicted molar refractivity (Wildman–Crippen MR) is 83.3 cm³/mol. The molecule has 1 saturated heterocycles. The van der Waals surface area contributed by atoms with E-state index in [4.69, 9.17) is 4.74 Å². The molecular formula is C17H19N3O. The average Bonchev–Trinajstić information content (AvgIpc) is 2.53. The van der Waals surface area contributed by atoms with Gasteiger partial charge in [0.2, 0.25) is 0 Å². The second kappa shape index (κ2) is 5.34. The van der Waals surface area contributed by atoms with Crippen LogP contribution in [0.4, 0.5) is 5.69 Å². The van der Waals surface area contributed by atoms with Crippen LogP contribution in [0.15, 0.2) is 30.5 Å². The molecule has 1 aliphatic rings. The SMILES string of the molecule is CCC1(C)CN(c2c(C#N)cnc3ccccc23)CCO1. The highest BCUT2D eigenvalue weighted by atomic mass is 16.5. The van der Waals surface area contributed by atoms with Gasteiger partial charge < -0.3 is 9.64 Å². The fourth-order valence-corrected chi connectivity index (χ4v) is 2.88. The molecule has 1 aromatic heterocycles. The minimum absolute atomic E-state index is 0.157. The molecule has 0 amide bonds. The first-order valence-electron chi connectivity index (χ1n) is 7.33. The van der Waals surface area contributed by atoms with Gasteiger partial charge in [-0.05, 0) is 19.4 Å². The van der Waals surface area contributed by atoms with Crippen LogP contribution < -0.4 is 4.90 Å².